The molecule has 0 amide bonds. The molecule has 0 atom stereocenters. The summed E-state index contributed by atoms with van der Waals surface area (Å²) in [5, 5.41) is 3.37. The second kappa shape index (κ2) is 7.73. The van der Waals surface area contributed by atoms with Gasteiger partial charge in [0, 0.05) is 12.6 Å². The lowest BCUT2D eigenvalue weighted by Gasteiger charge is -2.31. The van der Waals surface area contributed by atoms with E-state index in [4.69, 9.17) is 4.74 Å². The van der Waals surface area contributed by atoms with Crippen LogP contribution in [0, 0.1) is 6.92 Å². The van der Waals surface area contributed by atoms with Gasteiger partial charge in [-0.3, -0.25) is 4.90 Å². The molecule has 1 fully saturated rings. The minimum Gasteiger partial charge on any atom is -0.496 e. The minimum atomic E-state index is 0. The number of nitrogens with one attached hydrogen (secondary N) is 1. The number of piperidine rings is 1. The maximum absolute atomic E-state index is 5.30. The average Bonchev–Trinajstić information content (AvgIpc) is 2.40. The standard InChI is InChI=1S/C15H24N2O.ClH/c1-12-10-13(4-5-15(12)18-3)11-17-8-6-14(16-2)7-9-17;/h4-5,10,14,16H,6-9,11H2,1-3H3;1H. The van der Waals surface area contributed by atoms with Crippen molar-refractivity contribution in [3.63, 3.8) is 0 Å². The summed E-state index contributed by atoms with van der Waals surface area (Å²) >= 11 is 0. The molecule has 0 unspecified atom stereocenters. The molecule has 0 saturated carbocycles. The van der Waals surface area contributed by atoms with Crippen LogP contribution in [0.3, 0.4) is 0 Å². The Kier molecular flexibility index (Phi) is 6.63. The molecule has 0 aromatic heterocycles. The third-order valence-electron chi connectivity index (χ3n) is 3.86. The summed E-state index contributed by atoms with van der Waals surface area (Å²) in [6.07, 6.45) is 2.51. The van der Waals surface area contributed by atoms with Gasteiger partial charge in [0.05, 0.1) is 7.11 Å². The summed E-state index contributed by atoms with van der Waals surface area (Å²) in [5.41, 5.74) is 2.61. The molecule has 1 aromatic rings. The Hall–Kier alpha value is -0.770. The van der Waals surface area contributed by atoms with Gasteiger partial charge in [-0.25, -0.2) is 0 Å². The van der Waals surface area contributed by atoms with E-state index >= 15 is 0 Å². The largest absolute Gasteiger partial charge is 0.496 e. The van der Waals surface area contributed by atoms with E-state index in [1.807, 2.05) is 0 Å². The van der Waals surface area contributed by atoms with E-state index in [2.05, 4.69) is 42.4 Å². The van der Waals surface area contributed by atoms with Crippen molar-refractivity contribution in [2.24, 2.45) is 0 Å². The van der Waals surface area contributed by atoms with Crippen LogP contribution >= 0.6 is 12.4 Å². The Bertz CT molecular complexity index is 390. The van der Waals surface area contributed by atoms with Crippen molar-refractivity contribution >= 4 is 12.4 Å². The fourth-order valence-corrected chi connectivity index (χ4v) is 2.68. The van der Waals surface area contributed by atoms with Crippen LogP contribution in [0.2, 0.25) is 0 Å². The highest BCUT2D eigenvalue weighted by Gasteiger charge is 2.17. The number of likely N-dealkylation sites (tertiary alicyclic amines) is 1. The van der Waals surface area contributed by atoms with Crippen molar-refractivity contribution in [3.05, 3.63) is 29.3 Å². The molecular formula is C15H25ClN2O. The Morgan fingerprint density at radius 1 is 1.32 bits per heavy atom. The number of benzene rings is 1. The van der Waals surface area contributed by atoms with Gasteiger partial charge < -0.3 is 10.1 Å². The third kappa shape index (κ3) is 4.37. The molecular weight excluding hydrogens is 260 g/mol. The van der Waals surface area contributed by atoms with E-state index in [1.165, 1.54) is 37.1 Å². The highest BCUT2D eigenvalue weighted by molar-refractivity contribution is 5.85. The molecule has 1 aliphatic rings. The van der Waals surface area contributed by atoms with Crippen molar-refractivity contribution in [3.8, 4) is 5.75 Å². The number of hydrogen-bond donors (Lipinski definition) is 1. The normalized spacial score (nSPS) is 17.0. The van der Waals surface area contributed by atoms with E-state index in [-0.39, 0.29) is 12.4 Å². The molecule has 3 nitrogen and oxygen atoms in total. The van der Waals surface area contributed by atoms with Crippen LogP contribution in [0.4, 0.5) is 0 Å². The summed E-state index contributed by atoms with van der Waals surface area (Å²) in [6.45, 7) is 5.55. The molecule has 4 heteroatoms. The summed E-state index contributed by atoms with van der Waals surface area (Å²) < 4.78 is 5.30. The van der Waals surface area contributed by atoms with E-state index in [0.717, 1.165) is 12.3 Å². The second-order valence-corrected chi connectivity index (χ2v) is 5.14. The molecule has 0 radical (unpaired) electrons. The Morgan fingerprint density at radius 2 is 2.00 bits per heavy atom. The predicted molar refractivity (Wildman–Crippen MR) is 82.3 cm³/mol. The Balaban J connectivity index is 0.00000180. The molecule has 0 aliphatic carbocycles. The summed E-state index contributed by atoms with van der Waals surface area (Å²) in [7, 11) is 3.79. The smallest absolute Gasteiger partial charge is 0.121 e. The van der Waals surface area contributed by atoms with Crippen LogP contribution in [0.25, 0.3) is 0 Å². The first-order chi connectivity index (χ1) is 8.72. The zero-order valence-electron chi connectivity index (χ0n) is 12.1. The Labute approximate surface area is 122 Å². The third-order valence-corrected chi connectivity index (χ3v) is 3.86. The quantitative estimate of drug-likeness (QED) is 0.920. The van der Waals surface area contributed by atoms with E-state index in [9.17, 15) is 0 Å². The molecule has 19 heavy (non-hydrogen) atoms. The number of rotatable bonds is 4. The molecule has 108 valence electrons. The summed E-state index contributed by atoms with van der Waals surface area (Å²) in [4.78, 5) is 2.54. The fourth-order valence-electron chi connectivity index (χ4n) is 2.68. The molecule has 1 heterocycles. The molecule has 0 spiro atoms. The van der Waals surface area contributed by atoms with Crippen LogP contribution in [-0.4, -0.2) is 38.2 Å². The van der Waals surface area contributed by atoms with Gasteiger partial charge in [-0.1, -0.05) is 12.1 Å². The van der Waals surface area contributed by atoms with Gasteiger partial charge in [0.2, 0.25) is 0 Å². The van der Waals surface area contributed by atoms with Gasteiger partial charge in [0.1, 0.15) is 5.75 Å². The van der Waals surface area contributed by atoms with Gasteiger partial charge in [-0.2, -0.15) is 0 Å². The second-order valence-electron chi connectivity index (χ2n) is 5.14. The highest BCUT2D eigenvalue weighted by Crippen LogP contribution is 2.20. The van der Waals surface area contributed by atoms with E-state index in [0.29, 0.717) is 6.04 Å². The van der Waals surface area contributed by atoms with Crippen molar-refractivity contribution in [1.29, 1.82) is 0 Å². The van der Waals surface area contributed by atoms with Crippen LogP contribution in [0.5, 0.6) is 5.75 Å². The Morgan fingerprint density at radius 3 is 2.53 bits per heavy atom. The van der Waals surface area contributed by atoms with E-state index < -0.39 is 0 Å². The highest BCUT2D eigenvalue weighted by atomic mass is 35.5. The van der Waals surface area contributed by atoms with Crippen molar-refractivity contribution in [1.82, 2.24) is 10.2 Å². The number of methoxy groups -OCH3 is 1. The molecule has 0 bridgehead atoms. The van der Waals surface area contributed by atoms with Crippen molar-refractivity contribution in [2.45, 2.75) is 32.4 Å². The first-order valence-corrected chi connectivity index (χ1v) is 6.76. The minimum absolute atomic E-state index is 0. The van der Waals surface area contributed by atoms with Gasteiger partial charge in [0.25, 0.3) is 0 Å². The molecule has 1 saturated heterocycles. The van der Waals surface area contributed by atoms with Crippen molar-refractivity contribution in [2.75, 3.05) is 27.2 Å². The first kappa shape index (κ1) is 16.3. The lowest BCUT2D eigenvalue weighted by atomic mass is 10.0. The maximum Gasteiger partial charge on any atom is 0.121 e. The fraction of sp³-hybridized carbons (Fsp3) is 0.600. The van der Waals surface area contributed by atoms with Gasteiger partial charge >= 0.3 is 0 Å². The van der Waals surface area contributed by atoms with Crippen LogP contribution in [-0.2, 0) is 6.54 Å². The van der Waals surface area contributed by atoms with Crippen LogP contribution in [0.1, 0.15) is 24.0 Å². The number of nitrogens with zero attached hydrogens (tertiary/aromatic N) is 1. The zero-order valence-corrected chi connectivity index (χ0v) is 12.9. The topological polar surface area (TPSA) is 24.5 Å². The van der Waals surface area contributed by atoms with Gasteiger partial charge in [-0.05, 0) is 57.1 Å². The number of ether oxygens (including phenoxy) is 1. The van der Waals surface area contributed by atoms with Gasteiger partial charge in [-0.15, -0.1) is 12.4 Å². The average molecular weight is 285 g/mol. The molecule has 1 aromatic carbocycles. The lowest BCUT2D eigenvalue weighted by molar-refractivity contribution is 0.194. The first-order valence-electron chi connectivity index (χ1n) is 6.76. The number of hydrogen-bond acceptors (Lipinski definition) is 3. The zero-order chi connectivity index (χ0) is 13.0. The summed E-state index contributed by atoms with van der Waals surface area (Å²) in [6, 6.07) is 7.20. The molecule has 1 aliphatic heterocycles. The molecule has 2 rings (SSSR count). The van der Waals surface area contributed by atoms with Crippen LogP contribution < -0.4 is 10.1 Å². The lowest BCUT2D eigenvalue weighted by Crippen LogP contribution is -2.40. The predicted octanol–water partition coefficient (Wildman–Crippen LogP) is 2.61. The monoisotopic (exact) mass is 284 g/mol. The maximum atomic E-state index is 5.30. The van der Waals surface area contributed by atoms with Gasteiger partial charge in [0.15, 0.2) is 0 Å². The molecule has 1 N–H and O–H groups in total. The van der Waals surface area contributed by atoms with E-state index in [1.54, 1.807) is 7.11 Å². The van der Waals surface area contributed by atoms with Crippen LogP contribution in [0.15, 0.2) is 18.2 Å². The van der Waals surface area contributed by atoms with Crippen molar-refractivity contribution < 1.29 is 4.74 Å². The summed E-state index contributed by atoms with van der Waals surface area (Å²) in [5.74, 6) is 0.979. The number of halogens is 1. The SMILES string of the molecule is CNC1CCN(Cc2ccc(OC)c(C)c2)CC1.Cl. The number of aryl methyl sites for hydroxylation is 1.